The molecule has 0 spiro atoms. The maximum absolute atomic E-state index is 11.1. The van der Waals surface area contributed by atoms with Crippen molar-refractivity contribution in [1.82, 2.24) is 0 Å². The lowest BCUT2D eigenvalue weighted by atomic mass is 9.79. The Hall–Kier alpha value is -1.48. The van der Waals surface area contributed by atoms with Crippen molar-refractivity contribution in [3.05, 3.63) is 40.9 Å². The van der Waals surface area contributed by atoms with Crippen LogP contribution in [0.5, 0.6) is 0 Å². The summed E-state index contributed by atoms with van der Waals surface area (Å²) in [5.41, 5.74) is 1.92. The van der Waals surface area contributed by atoms with Gasteiger partial charge in [-0.15, -0.1) is 0 Å². The zero-order valence-corrected chi connectivity index (χ0v) is 9.78. The van der Waals surface area contributed by atoms with E-state index in [9.17, 15) is 9.90 Å². The number of rotatable bonds is 1. The molecule has 4 heteroatoms. The summed E-state index contributed by atoms with van der Waals surface area (Å²) < 4.78 is 0. The number of halogens is 1. The third-order valence-electron chi connectivity index (χ3n) is 3.58. The zero-order valence-electron chi connectivity index (χ0n) is 9.02. The van der Waals surface area contributed by atoms with Crippen LogP contribution in [0.25, 0.3) is 0 Å². The predicted molar refractivity (Wildman–Crippen MR) is 63.9 cm³/mol. The number of allylic oxidation sites excluding steroid dienone is 2. The average Bonchev–Trinajstić information content (AvgIpc) is 2.76. The second-order valence-electron chi connectivity index (χ2n) is 4.53. The first-order chi connectivity index (χ1) is 8.16. The van der Waals surface area contributed by atoms with E-state index in [2.05, 4.69) is 11.4 Å². The van der Waals surface area contributed by atoms with Crippen LogP contribution in [0.15, 0.2) is 30.4 Å². The zero-order chi connectivity index (χ0) is 12.0. The summed E-state index contributed by atoms with van der Waals surface area (Å²) in [6.07, 6.45) is 4.86. The van der Waals surface area contributed by atoms with Gasteiger partial charge in [-0.25, -0.2) is 0 Å². The smallest absolute Gasteiger partial charge is 0.0698 e. The molecule has 3 atom stereocenters. The van der Waals surface area contributed by atoms with E-state index in [0.29, 0.717) is 5.02 Å². The van der Waals surface area contributed by atoms with Gasteiger partial charge >= 0.3 is 0 Å². The molecule has 2 aliphatic rings. The highest BCUT2D eigenvalue weighted by Gasteiger charge is 2.37. The first kappa shape index (κ1) is 10.7. The van der Waals surface area contributed by atoms with Crippen molar-refractivity contribution < 1.29 is 9.90 Å². The van der Waals surface area contributed by atoms with Crippen LogP contribution >= 0.6 is 11.6 Å². The minimum absolute atomic E-state index is 0.0333. The van der Waals surface area contributed by atoms with Crippen molar-refractivity contribution in [2.24, 2.45) is 5.92 Å². The highest BCUT2D eigenvalue weighted by molar-refractivity contribution is 6.30. The van der Waals surface area contributed by atoms with Gasteiger partial charge in [0.1, 0.15) is 0 Å². The molecule has 1 N–H and O–H groups in total. The molecule has 1 heterocycles. The van der Waals surface area contributed by atoms with E-state index >= 15 is 0 Å². The lowest BCUT2D eigenvalue weighted by Crippen LogP contribution is -2.48. The summed E-state index contributed by atoms with van der Waals surface area (Å²) in [5.74, 6) is -0.872. The minimum atomic E-state index is -1.04. The van der Waals surface area contributed by atoms with Crippen LogP contribution in [0.3, 0.4) is 0 Å². The second-order valence-corrected chi connectivity index (χ2v) is 4.96. The van der Waals surface area contributed by atoms with Crippen molar-refractivity contribution in [3.63, 3.8) is 0 Å². The monoisotopic (exact) mass is 248 g/mol. The number of carboxylic acids is 1. The lowest BCUT2D eigenvalue weighted by molar-refractivity contribution is -0.308. The molecule has 0 aromatic heterocycles. The number of carbonyl (C=O) groups excluding carboxylic acids is 1. The minimum Gasteiger partial charge on any atom is -0.548 e. The summed E-state index contributed by atoms with van der Waals surface area (Å²) in [6, 6.07) is 4.88. The van der Waals surface area contributed by atoms with Gasteiger partial charge in [0.2, 0.25) is 0 Å². The Morgan fingerprint density at radius 2 is 2.29 bits per heavy atom. The van der Waals surface area contributed by atoms with Crippen molar-refractivity contribution >= 4 is 23.3 Å². The molecule has 1 aromatic carbocycles. The molecule has 0 radical (unpaired) electrons. The fourth-order valence-electron chi connectivity index (χ4n) is 2.80. The Morgan fingerprint density at radius 3 is 3.06 bits per heavy atom. The Labute approximate surface area is 104 Å². The highest BCUT2D eigenvalue weighted by atomic mass is 35.5. The van der Waals surface area contributed by atoms with Gasteiger partial charge in [0, 0.05) is 16.6 Å². The van der Waals surface area contributed by atoms with Gasteiger partial charge in [-0.05, 0) is 36.1 Å². The molecule has 0 fully saturated rings. The average molecular weight is 249 g/mol. The summed E-state index contributed by atoms with van der Waals surface area (Å²) in [4.78, 5) is 11.1. The number of carboxylic acid groups (broad SMARTS) is 1. The molecule has 0 bridgehead atoms. The Morgan fingerprint density at radius 1 is 1.47 bits per heavy atom. The molecule has 0 amide bonds. The summed E-state index contributed by atoms with van der Waals surface area (Å²) >= 11 is 5.99. The number of hydrogen-bond acceptors (Lipinski definition) is 3. The van der Waals surface area contributed by atoms with Crippen LogP contribution < -0.4 is 10.4 Å². The molecule has 1 aliphatic carbocycles. The van der Waals surface area contributed by atoms with E-state index in [4.69, 9.17) is 11.6 Å². The molecule has 3 nitrogen and oxygen atoms in total. The SMILES string of the molecule is O=C([O-])[C@@H]1Nc2ccc(Cl)cc2[C@H]2C=CC[C@H]21. The molecule has 1 aliphatic heterocycles. The van der Waals surface area contributed by atoms with Gasteiger partial charge in [0.05, 0.1) is 12.0 Å². The van der Waals surface area contributed by atoms with E-state index in [0.717, 1.165) is 17.7 Å². The maximum Gasteiger partial charge on any atom is 0.0698 e. The van der Waals surface area contributed by atoms with E-state index in [-0.39, 0.29) is 11.8 Å². The summed E-state index contributed by atoms with van der Waals surface area (Å²) in [7, 11) is 0. The van der Waals surface area contributed by atoms with Crippen LogP contribution in [0.1, 0.15) is 17.9 Å². The second kappa shape index (κ2) is 3.77. The molecule has 1 aromatic rings. The van der Waals surface area contributed by atoms with Gasteiger partial charge in [0.15, 0.2) is 0 Å². The fourth-order valence-corrected chi connectivity index (χ4v) is 2.98. The van der Waals surface area contributed by atoms with Crippen LogP contribution in [0, 0.1) is 5.92 Å². The van der Waals surface area contributed by atoms with Gasteiger partial charge in [-0.1, -0.05) is 23.8 Å². The normalized spacial score (nSPS) is 29.4. The molecular formula is C13H11ClNO2-. The standard InChI is InChI=1S/C13H12ClNO2/c14-7-4-5-11-10(6-7)8-2-1-3-9(8)12(15-11)13(16)17/h1-2,4-6,8-9,12,15H,3H2,(H,16,17)/p-1/t8-,9+,12+/m0/s1. The molecule has 17 heavy (non-hydrogen) atoms. The molecule has 0 saturated heterocycles. The van der Waals surface area contributed by atoms with Crippen molar-refractivity contribution in [1.29, 1.82) is 0 Å². The van der Waals surface area contributed by atoms with Gasteiger partial charge in [-0.2, -0.15) is 0 Å². The van der Waals surface area contributed by atoms with E-state index < -0.39 is 12.0 Å². The Kier molecular flexibility index (Phi) is 2.37. The molecule has 88 valence electrons. The van der Waals surface area contributed by atoms with Crippen molar-refractivity contribution in [2.75, 3.05) is 5.32 Å². The fraction of sp³-hybridized carbons (Fsp3) is 0.308. The molecule has 0 saturated carbocycles. The largest absolute Gasteiger partial charge is 0.548 e. The van der Waals surface area contributed by atoms with Crippen LogP contribution in [0.4, 0.5) is 5.69 Å². The van der Waals surface area contributed by atoms with Crippen LogP contribution in [-0.2, 0) is 4.79 Å². The number of carbonyl (C=O) groups is 1. The van der Waals surface area contributed by atoms with Crippen molar-refractivity contribution in [3.8, 4) is 0 Å². The first-order valence-corrected chi connectivity index (χ1v) is 5.98. The third-order valence-corrected chi connectivity index (χ3v) is 3.81. The van der Waals surface area contributed by atoms with Crippen LogP contribution in [-0.4, -0.2) is 12.0 Å². The molecular weight excluding hydrogens is 238 g/mol. The number of hydrogen-bond donors (Lipinski definition) is 1. The molecule has 3 rings (SSSR count). The Bertz CT molecular complexity index is 512. The summed E-state index contributed by atoms with van der Waals surface area (Å²) in [6.45, 7) is 0. The van der Waals surface area contributed by atoms with Gasteiger partial charge in [-0.3, -0.25) is 0 Å². The number of nitrogens with one attached hydrogen (secondary N) is 1. The number of benzene rings is 1. The number of aliphatic carboxylic acids is 1. The van der Waals surface area contributed by atoms with Crippen molar-refractivity contribution in [2.45, 2.75) is 18.4 Å². The van der Waals surface area contributed by atoms with Gasteiger partial charge in [0.25, 0.3) is 0 Å². The Balaban J connectivity index is 2.09. The molecule has 0 unspecified atom stereocenters. The van der Waals surface area contributed by atoms with Crippen LogP contribution in [0.2, 0.25) is 5.02 Å². The van der Waals surface area contributed by atoms with E-state index in [1.165, 1.54) is 0 Å². The van der Waals surface area contributed by atoms with E-state index in [1.807, 2.05) is 18.2 Å². The number of fused-ring (bicyclic) bond motifs is 3. The quantitative estimate of drug-likeness (QED) is 0.767. The lowest BCUT2D eigenvalue weighted by Gasteiger charge is -2.37. The highest BCUT2D eigenvalue weighted by Crippen LogP contribution is 2.45. The number of anilines is 1. The van der Waals surface area contributed by atoms with E-state index in [1.54, 1.807) is 6.07 Å². The predicted octanol–water partition coefficient (Wildman–Crippen LogP) is 1.54. The van der Waals surface area contributed by atoms with Gasteiger partial charge < -0.3 is 15.2 Å². The first-order valence-electron chi connectivity index (χ1n) is 5.60. The maximum atomic E-state index is 11.1. The topological polar surface area (TPSA) is 52.2 Å². The summed E-state index contributed by atoms with van der Waals surface area (Å²) in [5, 5.41) is 14.9. The third kappa shape index (κ3) is 1.62.